The zero-order valence-electron chi connectivity index (χ0n) is 45.2. The van der Waals surface area contributed by atoms with Gasteiger partial charge in [-0.2, -0.15) is 0 Å². The largest absolute Gasteiger partial charge is 0.379 e. The maximum Gasteiger partial charge on any atom is 0.253 e. The van der Waals surface area contributed by atoms with Crippen LogP contribution in [0.2, 0.25) is 0 Å². The van der Waals surface area contributed by atoms with Gasteiger partial charge in [-0.15, -0.1) is 5.10 Å². The minimum Gasteiger partial charge on any atom is -0.379 e. The Morgan fingerprint density at radius 3 is 2.23 bits per heavy atom. The van der Waals surface area contributed by atoms with Crippen LogP contribution >= 0.6 is 0 Å². The average Bonchev–Trinajstić information content (AvgIpc) is 4.26. The van der Waals surface area contributed by atoms with E-state index in [1.807, 2.05) is 57.7 Å². The van der Waals surface area contributed by atoms with Gasteiger partial charge in [0, 0.05) is 58.3 Å². The molecule has 2 aromatic rings. The molecule has 1 aliphatic carbocycles. The van der Waals surface area contributed by atoms with Gasteiger partial charge < -0.3 is 39.0 Å². The predicted octanol–water partition coefficient (Wildman–Crippen LogP) is 4.41. The lowest BCUT2D eigenvalue weighted by molar-refractivity contribution is -0.149. The zero-order chi connectivity index (χ0) is 53.6. The topological polar surface area (TPSA) is 212 Å². The molecule has 19 nitrogen and oxygen atoms in total. The Kier molecular flexibility index (Phi) is 21.5. The molecule has 2 saturated heterocycles. The van der Waals surface area contributed by atoms with Crippen LogP contribution in [-0.2, 0) is 72.0 Å². The number of ketones is 1. The van der Waals surface area contributed by atoms with Gasteiger partial charge in [0.25, 0.3) is 11.8 Å². The molecule has 11 atom stereocenters. The summed E-state index contributed by atoms with van der Waals surface area (Å²) >= 11 is 0. The molecule has 4 aliphatic rings. The van der Waals surface area contributed by atoms with Crippen molar-refractivity contribution in [3.8, 4) is 0 Å². The number of imide groups is 1. The summed E-state index contributed by atoms with van der Waals surface area (Å²) in [5.41, 5.74) is 1.67. The van der Waals surface area contributed by atoms with Crippen molar-refractivity contribution in [1.29, 1.82) is 0 Å². The highest BCUT2D eigenvalue weighted by atomic mass is 16.5. The van der Waals surface area contributed by atoms with Crippen LogP contribution in [0.4, 0.5) is 0 Å². The molecule has 1 saturated carbocycles. The van der Waals surface area contributed by atoms with Crippen LogP contribution in [0, 0.1) is 29.6 Å². The zero-order valence-corrected chi connectivity index (χ0v) is 45.2. The third-order valence-corrected chi connectivity index (χ3v) is 15.8. The second kappa shape index (κ2) is 27.4. The SMILES string of the molecule is CC[C@H](C)[C@@H]([C@@H](CC(=O)N1CCC[C@H]1[C@H](OC)[C@@H](C)C(=O)C[C@H](C)Cc1ccccc1)OC)N(C)C(=O)[C@@H](NC(=O)[C@@H]1[C@H]2CC[C@@H](C2)N1C(=O)CCOCCOCCn1cc(CN2C(=O)C=CC2=O)nn1)C(C)C. The van der Waals surface area contributed by atoms with E-state index in [-0.39, 0.29) is 116 Å². The van der Waals surface area contributed by atoms with Crippen LogP contribution in [0.3, 0.4) is 0 Å². The highest BCUT2D eigenvalue weighted by Gasteiger charge is 2.52. The second-order valence-electron chi connectivity index (χ2n) is 21.3. The Hall–Kier alpha value is -5.37. The van der Waals surface area contributed by atoms with Crippen molar-refractivity contribution in [2.75, 3.05) is 54.2 Å². The standard InChI is InChI=1S/C55H82N8O11/c1-10-37(5)51(45(71-8)32-49(68)61-23-14-17-43(61)53(72-9)38(6)44(64)30-36(4)29-39-15-12-11-13-16-39)59(7)55(70)50(35(2)3)56-54(69)52-40-18-19-42(31-40)63(52)48(67)22-25-73-27-28-74-26-24-60-33-41(57-58-60)34-62-46(65)20-21-47(62)66/h11-13,15-16,20-21,33,35-38,40,42-43,45,50-53H,10,14,17-19,22-32,34H2,1-9H3,(H,56,69)/t36-,37+,38+,40+,42+,43+,45-,50+,51+,52+,53-/m1/s1. The van der Waals surface area contributed by atoms with E-state index < -0.39 is 36.3 Å². The molecular weight excluding hydrogens is 949 g/mol. The van der Waals surface area contributed by atoms with Crippen molar-refractivity contribution in [3.05, 3.63) is 59.9 Å². The molecule has 408 valence electrons. The maximum absolute atomic E-state index is 14.7. The molecule has 3 aliphatic heterocycles. The molecule has 2 bridgehead atoms. The fourth-order valence-electron chi connectivity index (χ4n) is 11.7. The number of amides is 6. The number of likely N-dealkylation sites (N-methyl/N-ethyl adjacent to an activating group) is 1. The molecule has 0 unspecified atom stereocenters. The fraction of sp³-hybridized carbons (Fsp3) is 0.691. The number of Topliss-reactive ketones (excluding diaryl/α,β-unsaturated/α-hetero) is 1. The number of benzene rings is 1. The first-order valence-corrected chi connectivity index (χ1v) is 26.9. The Balaban J connectivity index is 0.993. The monoisotopic (exact) mass is 1030 g/mol. The Labute approximate surface area is 437 Å². The number of aromatic nitrogens is 3. The molecule has 19 heteroatoms. The van der Waals surface area contributed by atoms with E-state index >= 15 is 0 Å². The quantitative estimate of drug-likeness (QED) is 0.0851. The van der Waals surface area contributed by atoms with Crippen molar-refractivity contribution >= 4 is 41.2 Å². The highest BCUT2D eigenvalue weighted by molar-refractivity contribution is 6.12. The molecule has 1 aromatic heterocycles. The van der Waals surface area contributed by atoms with Crippen molar-refractivity contribution in [1.82, 2.24) is 39.9 Å². The van der Waals surface area contributed by atoms with Crippen molar-refractivity contribution in [2.24, 2.45) is 29.6 Å². The number of methoxy groups -OCH3 is 2. The summed E-state index contributed by atoms with van der Waals surface area (Å²) in [6.07, 6.45) is 8.84. The number of hydrogen-bond acceptors (Lipinski definition) is 13. The molecule has 6 amide bonds. The summed E-state index contributed by atoms with van der Waals surface area (Å²) < 4.78 is 25.2. The molecule has 74 heavy (non-hydrogen) atoms. The van der Waals surface area contributed by atoms with Gasteiger partial charge in [-0.25, -0.2) is 4.68 Å². The van der Waals surface area contributed by atoms with E-state index in [0.717, 1.165) is 37.0 Å². The van der Waals surface area contributed by atoms with Gasteiger partial charge in [-0.05, 0) is 67.8 Å². The number of likely N-dealkylation sites (tertiary alicyclic amines) is 2. The lowest BCUT2D eigenvalue weighted by Gasteiger charge is -2.41. The van der Waals surface area contributed by atoms with Crippen molar-refractivity contribution in [3.63, 3.8) is 0 Å². The van der Waals surface area contributed by atoms with Gasteiger partial charge >= 0.3 is 0 Å². The van der Waals surface area contributed by atoms with Gasteiger partial charge in [-0.3, -0.25) is 38.5 Å². The van der Waals surface area contributed by atoms with Crippen molar-refractivity contribution < 1.29 is 52.5 Å². The fourth-order valence-corrected chi connectivity index (χ4v) is 11.7. The van der Waals surface area contributed by atoms with E-state index in [9.17, 15) is 33.6 Å². The summed E-state index contributed by atoms with van der Waals surface area (Å²) in [5.74, 6) is -2.24. The summed E-state index contributed by atoms with van der Waals surface area (Å²) in [7, 11) is 4.90. The van der Waals surface area contributed by atoms with Crippen LogP contribution in [0.5, 0.6) is 0 Å². The minimum absolute atomic E-state index is 0.0174. The number of hydrogen-bond donors (Lipinski definition) is 1. The van der Waals surface area contributed by atoms with Crippen LogP contribution < -0.4 is 5.32 Å². The number of nitrogens with one attached hydrogen (secondary N) is 1. The first-order valence-electron chi connectivity index (χ1n) is 26.9. The first kappa shape index (κ1) is 57.9. The van der Waals surface area contributed by atoms with Gasteiger partial charge in [0.05, 0.1) is 82.8 Å². The molecule has 1 N–H and O–H groups in total. The van der Waals surface area contributed by atoms with E-state index in [1.165, 1.54) is 17.7 Å². The summed E-state index contributed by atoms with van der Waals surface area (Å²) in [6.45, 7) is 13.8. The number of carbonyl (C=O) groups excluding carboxylic acids is 7. The number of rotatable bonds is 30. The normalized spacial score (nSPS) is 22.3. The smallest absolute Gasteiger partial charge is 0.253 e. The van der Waals surface area contributed by atoms with Crippen LogP contribution in [0.15, 0.2) is 48.7 Å². The molecule has 4 heterocycles. The Morgan fingerprint density at radius 1 is 0.865 bits per heavy atom. The third-order valence-electron chi connectivity index (χ3n) is 15.8. The third kappa shape index (κ3) is 14.5. The van der Waals surface area contributed by atoms with Crippen LogP contribution in [0.1, 0.15) is 111 Å². The van der Waals surface area contributed by atoms with Gasteiger partial charge in [-0.1, -0.05) is 83.5 Å². The number of ether oxygens (including phenoxy) is 4. The van der Waals surface area contributed by atoms with E-state index in [1.54, 1.807) is 41.9 Å². The molecule has 0 spiro atoms. The minimum atomic E-state index is -0.901. The maximum atomic E-state index is 14.7. The Morgan fingerprint density at radius 2 is 1.57 bits per heavy atom. The molecule has 3 fully saturated rings. The lowest BCUT2D eigenvalue weighted by Crippen LogP contribution is -2.60. The van der Waals surface area contributed by atoms with E-state index in [4.69, 9.17) is 18.9 Å². The second-order valence-corrected chi connectivity index (χ2v) is 21.3. The van der Waals surface area contributed by atoms with E-state index in [0.29, 0.717) is 44.7 Å². The van der Waals surface area contributed by atoms with Crippen molar-refractivity contribution in [2.45, 2.75) is 161 Å². The Bertz CT molecular complexity index is 2240. The van der Waals surface area contributed by atoms with E-state index in [2.05, 4.69) is 34.7 Å². The predicted molar refractivity (Wildman–Crippen MR) is 275 cm³/mol. The molecule has 1 aromatic carbocycles. The lowest BCUT2D eigenvalue weighted by atomic mass is 9.86. The summed E-state index contributed by atoms with van der Waals surface area (Å²) in [4.78, 5) is 101. The molecule has 6 rings (SSSR count). The van der Waals surface area contributed by atoms with Gasteiger partial charge in [0.1, 0.15) is 23.6 Å². The molecular formula is C55H82N8O11. The van der Waals surface area contributed by atoms with Gasteiger partial charge in [0.2, 0.25) is 23.6 Å². The number of fused-ring (bicyclic) bond motifs is 2. The van der Waals surface area contributed by atoms with Crippen LogP contribution in [-0.4, -0.2) is 172 Å². The summed E-state index contributed by atoms with van der Waals surface area (Å²) in [5, 5.41) is 11.1. The highest BCUT2D eigenvalue weighted by Crippen LogP contribution is 2.43. The number of nitrogens with zero attached hydrogens (tertiary/aromatic N) is 7. The summed E-state index contributed by atoms with van der Waals surface area (Å²) in [6, 6.07) is 7.69. The number of carbonyl (C=O) groups is 7. The molecule has 0 radical (unpaired) electrons. The average molecular weight is 1030 g/mol. The van der Waals surface area contributed by atoms with Crippen LogP contribution in [0.25, 0.3) is 0 Å². The van der Waals surface area contributed by atoms with Gasteiger partial charge in [0.15, 0.2) is 0 Å². The number of piperidine rings is 1. The first-order chi connectivity index (χ1) is 35.5.